The number of rotatable bonds is 4. The Balaban J connectivity index is 1.70. The molecule has 0 aromatic rings. The van der Waals surface area contributed by atoms with Crippen LogP contribution in [0.2, 0.25) is 0 Å². The molecule has 3 nitrogen and oxygen atoms in total. The van der Waals surface area contributed by atoms with Gasteiger partial charge in [-0.2, -0.15) is 0 Å². The molecular weight excluding hydrogens is 200 g/mol. The first-order chi connectivity index (χ1) is 7.79. The van der Waals surface area contributed by atoms with Crippen molar-refractivity contribution in [2.45, 2.75) is 51.5 Å². The van der Waals surface area contributed by atoms with E-state index >= 15 is 0 Å². The minimum Gasteiger partial charge on any atom is -0.341 e. The zero-order valence-corrected chi connectivity index (χ0v) is 10.4. The Morgan fingerprint density at radius 1 is 1.31 bits per heavy atom. The fraction of sp³-hybridized carbons (Fsp3) is 0.923. The molecule has 1 aliphatic heterocycles. The van der Waals surface area contributed by atoms with Gasteiger partial charge in [-0.3, -0.25) is 4.79 Å². The summed E-state index contributed by atoms with van der Waals surface area (Å²) in [6, 6.07) is 0.546. The zero-order valence-electron chi connectivity index (χ0n) is 10.4. The van der Waals surface area contributed by atoms with Crippen LogP contribution in [0.5, 0.6) is 0 Å². The Morgan fingerprint density at radius 2 is 2.12 bits per heavy atom. The van der Waals surface area contributed by atoms with E-state index in [-0.39, 0.29) is 0 Å². The van der Waals surface area contributed by atoms with Gasteiger partial charge in [-0.15, -0.1) is 0 Å². The van der Waals surface area contributed by atoms with Crippen molar-refractivity contribution in [3.05, 3.63) is 0 Å². The summed E-state index contributed by atoms with van der Waals surface area (Å²) in [7, 11) is 0. The van der Waals surface area contributed by atoms with Crippen LogP contribution in [0.25, 0.3) is 0 Å². The number of carbonyl (C=O) groups is 1. The first-order valence-electron chi connectivity index (χ1n) is 6.80. The summed E-state index contributed by atoms with van der Waals surface area (Å²) in [6.45, 7) is 5.01. The summed E-state index contributed by atoms with van der Waals surface area (Å²) in [6.07, 6.45) is 7.26. The molecule has 16 heavy (non-hydrogen) atoms. The van der Waals surface area contributed by atoms with Crippen molar-refractivity contribution in [2.24, 2.45) is 5.92 Å². The summed E-state index contributed by atoms with van der Waals surface area (Å²) < 4.78 is 0. The van der Waals surface area contributed by atoms with Crippen molar-refractivity contribution < 1.29 is 4.79 Å². The Hall–Kier alpha value is -0.570. The lowest BCUT2D eigenvalue weighted by Gasteiger charge is -2.35. The molecule has 1 atom stereocenters. The van der Waals surface area contributed by atoms with Crippen LogP contribution in [0.1, 0.15) is 45.4 Å². The molecule has 92 valence electrons. The third kappa shape index (κ3) is 2.97. The average Bonchev–Trinajstić information content (AvgIpc) is 2.26. The molecule has 1 amide bonds. The van der Waals surface area contributed by atoms with Gasteiger partial charge in [-0.25, -0.2) is 0 Å². The summed E-state index contributed by atoms with van der Waals surface area (Å²) >= 11 is 0. The van der Waals surface area contributed by atoms with E-state index in [0.29, 0.717) is 18.4 Å². The van der Waals surface area contributed by atoms with Gasteiger partial charge in [-0.05, 0) is 38.1 Å². The molecule has 1 unspecified atom stereocenters. The molecule has 0 bridgehead atoms. The normalized spacial score (nSPS) is 26.6. The maximum Gasteiger partial charge on any atom is 0.222 e. The monoisotopic (exact) mass is 224 g/mol. The molecule has 0 radical (unpaired) electrons. The Kier molecular flexibility index (Phi) is 4.22. The van der Waals surface area contributed by atoms with E-state index in [4.69, 9.17) is 0 Å². The molecule has 3 heteroatoms. The molecule has 1 saturated carbocycles. The van der Waals surface area contributed by atoms with Crippen LogP contribution in [-0.4, -0.2) is 36.5 Å². The van der Waals surface area contributed by atoms with Crippen LogP contribution in [-0.2, 0) is 4.79 Å². The minimum atomic E-state index is 0.315. The highest BCUT2D eigenvalue weighted by atomic mass is 16.2. The van der Waals surface area contributed by atoms with Gasteiger partial charge in [0.05, 0.1) is 0 Å². The van der Waals surface area contributed by atoms with Gasteiger partial charge in [0.15, 0.2) is 0 Å². The molecule has 0 spiro atoms. The number of nitrogens with zero attached hydrogens (tertiary/aromatic N) is 1. The lowest BCUT2D eigenvalue weighted by Crippen LogP contribution is -2.49. The maximum absolute atomic E-state index is 11.6. The lowest BCUT2D eigenvalue weighted by molar-refractivity contribution is -0.132. The van der Waals surface area contributed by atoms with Gasteiger partial charge in [0.1, 0.15) is 0 Å². The Morgan fingerprint density at radius 3 is 2.75 bits per heavy atom. The lowest BCUT2D eigenvalue weighted by atomic mass is 9.85. The second-order valence-electron chi connectivity index (χ2n) is 5.24. The van der Waals surface area contributed by atoms with Crippen LogP contribution in [0.4, 0.5) is 0 Å². The summed E-state index contributed by atoms with van der Waals surface area (Å²) in [5.74, 6) is 1.23. The van der Waals surface area contributed by atoms with Crippen LogP contribution in [0.3, 0.4) is 0 Å². The van der Waals surface area contributed by atoms with Crippen LogP contribution < -0.4 is 5.32 Å². The van der Waals surface area contributed by atoms with Crippen molar-refractivity contribution in [3.8, 4) is 0 Å². The molecule has 0 aromatic heterocycles. The van der Waals surface area contributed by atoms with Gasteiger partial charge in [0, 0.05) is 25.6 Å². The second-order valence-corrected chi connectivity index (χ2v) is 5.24. The van der Waals surface area contributed by atoms with E-state index in [0.717, 1.165) is 25.4 Å². The van der Waals surface area contributed by atoms with Gasteiger partial charge >= 0.3 is 0 Å². The predicted octanol–water partition coefficient (Wildman–Crippen LogP) is 1.78. The molecule has 2 rings (SSSR count). The van der Waals surface area contributed by atoms with E-state index in [1.54, 1.807) is 0 Å². The molecule has 2 aliphatic rings. The fourth-order valence-electron chi connectivity index (χ4n) is 2.62. The van der Waals surface area contributed by atoms with Gasteiger partial charge in [0.2, 0.25) is 5.91 Å². The Labute approximate surface area is 98.6 Å². The van der Waals surface area contributed by atoms with Gasteiger partial charge < -0.3 is 10.2 Å². The standard InChI is InChI=1S/C13H24N2O/c1-2-13(16)15-8-4-7-12(10-15)14-9-11-5-3-6-11/h11-12,14H,2-10H2,1H3. The predicted molar refractivity (Wildman–Crippen MR) is 65.2 cm³/mol. The first-order valence-corrected chi connectivity index (χ1v) is 6.80. The van der Waals surface area contributed by atoms with E-state index in [1.807, 2.05) is 11.8 Å². The number of amides is 1. The van der Waals surface area contributed by atoms with E-state index < -0.39 is 0 Å². The molecule has 1 saturated heterocycles. The molecule has 1 aliphatic carbocycles. The molecular formula is C13H24N2O. The SMILES string of the molecule is CCC(=O)N1CCCC(NCC2CCC2)C1. The number of likely N-dealkylation sites (tertiary alicyclic amines) is 1. The molecule has 1 N–H and O–H groups in total. The highest BCUT2D eigenvalue weighted by molar-refractivity contribution is 5.75. The van der Waals surface area contributed by atoms with Crippen molar-refractivity contribution in [1.29, 1.82) is 0 Å². The third-order valence-corrected chi connectivity index (χ3v) is 4.00. The molecule has 2 fully saturated rings. The number of hydrogen-bond donors (Lipinski definition) is 1. The Bertz CT molecular complexity index is 238. The smallest absolute Gasteiger partial charge is 0.222 e. The quantitative estimate of drug-likeness (QED) is 0.789. The zero-order chi connectivity index (χ0) is 11.4. The maximum atomic E-state index is 11.6. The fourth-order valence-corrected chi connectivity index (χ4v) is 2.62. The second kappa shape index (κ2) is 5.67. The third-order valence-electron chi connectivity index (χ3n) is 4.00. The highest BCUT2D eigenvalue weighted by Gasteiger charge is 2.24. The van der Waals surface area contributed by atoms with Crippen molar-refractivity contribution in [3.63, 3.8) is 0 Å². The van der Waals surface area contributed by atoms with Gasteiger partial charge in [0.25, 0.3) is 0 Å². The summed E-state index contributed by atoms with van der Waals surface area (Å²) in [5.41, 5.74) is 0. The van der Waals surface area contributed by atoms with Gasteiger partial charge in [-0.1, -0.05) is 13.3 Å². The van der Waals surface area contributed by atoms with Crippen molar-refractivity contribution in [1.82, 2.24) is 10.2 Å². The highest BCUT2D eigenvalue weighted by Crippen LogP contribution is 2.25. The van der Waals surface area contributed by atoms with E-state index in [1.165, 1.54) is 32.2 Å². The molecule has 0 aromatic carbocycles. The number of nitrogens with one attached hydrogen (secondary N) is 1. The largest absolute Gasteiger partial charge is 0.341 e. The minimum absolute atomic E-state index is 0.315. The van der Waals surface area contributed by atoms with Crippen molar-refractivity contribution >= 4 is 5.91 Å². The average molecular weight is 224 g/mol. The molecule has 1 heterocycles. The number of hydrogen-bond acceptors (Lipinski definition) is 2. The summed E-state index contributed by atoms with van der Waals surface area (Å²) in [4.78, 5) is 13.6. The number of carbonyl (C=O) groups excluding carboxylic acids is 1. The van der Waals surface area contributed by atoms with E-state index in [2.05, 4.69) is 5.32 Å². The van der Waals surface area contributed by atoms with Crippen LogP contribution in [0, 0.1) is 5.92 Å². The van der Waals surface area contributed by atoms with Crippen LogP contribution >= 0.6 is 0 Å². The van der Waals surface area contributed by atoms with Crippen LogP contribution in [0.15, 0.2) is 0 Å². The number of piperidine rings is 1. The van der Waals surface area contributed by atoms with Crippen molar-refractivity contribution in [2.75, 3.05) is 19.6 Å². The summed E-state index contributed by atoms with van der Waals surface area (Å²) in [5, 5.41) is 3.64. The topological polar surface area (TPSA) is 32.3 Å². The van der Waals surface area contributed by atoms with E-state index in [9.17, 15) is 4.79 Å². The first kappa shape index (κ1) is 11.9.